The highest BCUT2D eigenvalue weighted by Gasteiger charge is 2.26. The van der Waals surface area contributed by atoms with Gasteiger partial charge in [0.2, 0.25) is 0 Å². The summed E-state index contributed by atoms with van der Waals surface area (Å²) in [6, 6.07) is 9.20. The summed E-state index contributed by atoms with van der Waals surface area (Å²) in [6.07, 6.45) is 10.6. The number of aromatic amines is 1. The van der Waals surface area contributed by atoms with E-state index in [0.717, 1.165) is 49.1 Å². The highest BCUT2D eigenvalue weighted by atomic mass is 16.1. The third-order valence-electron chi connectivity index (χ3n) is 8.49. The molecule has 6 rings (SSSR count). The fraction of sp³-hybridized carbons (Fsp3) is 0.500. The fourth-order valence-corrected chi connectivity index (χ4v) is 6.30. The van der Waals surface area contributed by atoms with Gasteiger partial charge in [0, 0.05) is 29.1 Å². The van der Waals surface area contributed by atoms with Crippen molar-refractivity contribution in [3.05, 3.63) is 53.5 Å². The molecule has 6 nitrogen and oxygen atoms in total. The molecule has 4 heterocycles. The maximum Gasteiger partial charge on any atom is 0.158 e. The summed E-state index contributed by atoms with van der Waals surface area (Å²) in [7, 11) is 0. The number of nitrogens with zero attached hydrogens (tertiary/aromatic N) is 4. The van der Waals surface area contributed by atoms with E-state index in [1.165, 1.54) is 47.0 Å². The van der Waals surface area contributed by atoms with Crippen LogP contribution < -0.4 is 0 Å². The molecule has 1 aromatic carbocycles. The van der Waals surface area contributed by atoms with Gasteiger partial charge in [-0.25, -0.2) is 9.50 Å². The van der Waals surface area contributed by atoms with Crippen molar-refractivity contribution in [2.75, 3.05) is 19.6 Å². The number of piperidine rings is 1. The van der Waals surface area contributed by atoms with Crippen LogP contribution in [0, 0.1) is 12.8 Å². The van der Waals surface area contributed by atoms with Gasteiger partial charge < -0.3 is 4.98 Å². The molecule has 6 heteroatoms. The van der Waals surface area contributed by atoms with E-state index in [1.807, 2.05) is 4.52 Å². The molecular formula is C30H37N5O. The Kier molecular flexibility index (Phi) is 6.16. The number of benzene rings is 1. The van der Waals surface area contributed by atoms with Crippen LogP contribution in [0.25, 0.3) is 27.8 Å². The van der Waals surface area contributed by atoms with Crippen LogP contribution in [0.15, 0.2) is 36.8 Å². The quantitative estimate of drug-likeness (QED) is 0.337. The number of hydrogen-bond donors (Lipinski definition) is 1. The van der Waals surface area contributed by atoms with Crippen molar-refractivity contribution in [2.24, 2.45) is 5.92 Å². The number of aryl methyl sites for hydroxylation is 1. The Bertz CT molecular complexity index is 1400. The number of carbonyl (C=O) groups excluding carboxylic acids is 1. The molecule has 0 unspecified atom stereocenters. The van der Waals surface area contributed by atoms with Gasteiger partial charge in [-0.15, -0.1) is 0 Å². The van der Waals surface area contributed by atoms with Crippen LogP contribution in [-0.4, -0.2) is 49.9 Å². The molecule has 1 saturated carbocycles. The van der Waals surface area contributed by atoms with Gasteiger partial charge in [0.05, 0.1) is 12.2 Å². The van der Waals surface area contributed by atoms with Crippen LogP contribution in [0.1, 0.15) is 80.9 Å². The number of fused-ring (bicyclic) bond motifs is 2. The Balaban J connectivity index is 1.23. The second kappa shape index (κ2) is 9.47. The number of pyridine rings is 1. The molecule has 3 aromatic heterocycles. The molecule has 2 aliphatic rings. The number of likely N-dealkylation sites (tertiary alicyclic amines) is 1. The third-order valence-corrected chi connectivity index (χ3v) is 8.49. The normalized spacial score (nSPS) is 17.9. The minimum absolute atomic E-state index is 0.388. The summed E-state index contributed by atoms with van der Waals surface area (Å²) in [5, 5.41) is 5.71. The lowest BCUT2D eigenvalue weighted by Crippen LogP contribution is -2.37. The zero-order valence-corrected chi connectivity index (χ0v) is 21.8. The number of H-pyrrole nitrogens is 1. The minimum Gasteiger partial charge on any atom is -0.354 e. The van der Waals surface area contributed by atoms with Gasteiger partial charge in [-0.3, -0.25) is 9.69 Å². The molecule has 0 radical (unpaired) electrons. The number of nitrogens with one attached hydrogen (secondary N) is 1. The lowest BCUT2D eigenvalue weighted by molar-refractivity contribution is -0.121. The Morgan fingerprint density at radius 2 is 1.94 bits per heavy atom. The largest absolute Gasteiger partial charge is 0.354 e. The Labute approximate surface area is 213 Å². The molecule has 188 valence electrons. The van der Waals surface area contributed by atoms with Crippen molar-refractivity contribution < 1.29 is 4.79 Å². The number of Topliss-reactive ketones (excluding diaryl/α,β-unsaturated/α-hetero) is 1. The molecule has 4 aromatic rings. The van der Waals surface area contributed by atoms with Gasteiger partial charge >= 0.3 is 0 Å². The van der Waals surface area contributed by atoms with Crippen LogP contribution in [0.5, 0.6) is 0 Å². The molecule has 2 fully saturated rings. The van der Waals surface area contributed by atoms with Crippen LogP contribution >= 0.6 is 0 Å². The van der Waals surface area contributed by atoms with Gasteiger partial charge in [-0.05, 0) is 85.5 Å². The highest BCUT2D eigenvalue weighted by molar-refractivity contribution is 5.92. The first-order valence-corrected chi connectivity index (χ1v) is 13.7. The summed E-state index contributed by atoms with van der Waals surface area (Å²) >= 11 is 0. The molecular weight excluding hydrogens is 446 g/mol. The maximum absolute atomic E-state index is 12.5. The average Bonchev–Trinajstić information content (AvgIpc) is 3.46. The van der Waals surface area contributed by atoms with Crippen molar-refractivity contribution in [1.29, 1.82) is 0 Å². The summed E-state index contributed by atoms with van der Waals surface area (Å²) in [6.45, 7) is 9.34. The zero-order chi connectivity index (χ0) is 24.8. The number of carbonyl (C=O) groups is 1. The van der Waals surface area contributed by atoms with Crippen LogP contribution in [0.3, 0.4) is 0 Å². The Morgan fingerprint density at radius 3 is 2.67 bits per heavy atom. The number of ketones is 1. The smallest absolute Gasteiger partial charge is 0.158 e. The first-order chi connectivity index (χ1) is 17.5. The molecule has 0 amide bonds. The van der Waals surface area contributed by atoms with E-state index in [4.69, 9.17) is 0 Å². The number of hydrogen-bond acceptors (Lipinski definition) is 4. The predicted molar refractivity (Wildman–Crippen MR) is 144 cm³/mol. The lowest BCUT2D eigenvalue weighted by atomic mass is 9.81. The molecule has 0 atom stereocenters. The Morgan fingerprint density at radius 1 is 1.14 bits per heavy atom. The van der Waals surface area contributed by atoms with E-state index in [9.17, 15) is 4.79 Å². The van der Waals surface area contributed by atoms with Gasteiger partial charge in [-0.2, -0.15) is 5.10 Å². The van der Waals surface area contributed by atoms with Crippen LogP contribution in [0.2, 0.25) is 0 Å². The standard InChI is InChI=1S/C30H37N5O/c1-19(2)28-26-15-23(22-9-11-34(12-10-22)17-25(36)14-21-5-4-6-21)7-8-27(26)33-29(28)24-13-20(3)30-31-18-32-35(30)16-24/h7-8,13,15-16,18-19,21-22,33H,4-6,9-12,14,17H2,1-3H3. The fourth-order valence-electron chi connectivity index (χ4n) is 6.30. The van der Waals surface area contributed by atoms with Crippen molar-refractivity contribution in [1.82, 2.24) is 24.5 Å². The summed E-state index contributed by atoms with van der Waals surface area (Å²) in [4.78, 5) is 22.9. The first kappa shape index (κ1) is 23.4. The second-order valence-corrected chi connectivity index (χ2v) is 11.4. The second-order valence-electron chi connectivity index (χ2n) is 11.4. The van der Waals surface area contributed by atoms with E-state index in [2.05, 4.69) is 71.2 Å². The van der Waals surface area contributed by atoms with Crippen molar-refractivity contribution in [3.8, 4) is 11.3 Å². The lowest BCUT2D eigenvalue weighted by Gasteiger charge is -2.32. The number of aromatic nitrogens is 4. The highest BCUT2D eigenvalue weighted by Crippen LogP contribution is 2.38. The summed E-state index contributed by atoms with van der Waals surface area (Å²) < 4.78 is 1.87. The number of rotatable bonds is 7. The molecule has 36 heavy (non-hydrogen) atoms. The topological polar surface area (TPSA) is 66.3 Å². The molecule has 1 aliphatic heterocycles. The molecule has 1 N–H and O–H groups in total. The van der Waals surface area contributed by atoms with E-state index in [0.29, 0.717) is 30.1 Å². The molecule has 1 saturated heterocycles. The van der Waals surface area contributed by atoms with Crippen molar-refractivity contribution in [3.63, 3.8) is 0 Å². The molecule has 0 spiro atoms. The van der Waals surface area contributed by atoms with Gasteiger partial charge in [-0.1, -0.05) is 39.2 Å². The average molecular weight is 484 g/mol. The predicted octanol–water partition coefficient (Wildman–Crippen LogP) is 6.25. The van der Waals surface area contributed by atoms with E-state index < -0.39 is 0 Å². The first-order valence-electron chi connectivity index (χ1n) is 13.7. The molecule has 0 bridgehead atoms. The van der Waals surface area contributed by atoms with E-state index in [-0.39, 0.29) is 0 Å². The summed E-state index contributed by atoms with van der Waals surface area (Å²) in [5.74, 6) is 2.06. The maximum atomic E-state index is 12.5. The van der Waals surface area contributed by atoms with Crippen LogP contribution in [0.4, 0.5) is 0 Å². The van der Waals surface area contributed by atoms with Gasteiger partial charge in [0.1, 0.15) is 12.1 Å². The van der Waals surface area contributed by atoms with Crippen molar-refractivity contribution >= 4 is 22.3 Å². The zero-order valence-electron chi connectivity index (χ0n) is 21.8. The monoisotopic (exact) mass is 483 g/mol. The van der Waals surface area contributed by atoms with Crippen molar-refractivity contribution in [2.45, 2.75) is 71.1 Å². The third kappa shape index (κ3) is 4.36. The van der Waals surface area contributed by atoms with E-state index >= 15 is 0 Å². The van der Waals surface area contributed by atoms with E-state index in [1.54, 1.807) is 6.33 Å². The van der Waals surface area contributed by atoms with Crippen LogP contribution in [-0.2, 0) is 4.79 Å². The summed E-state index contributed by atoms with van der Waals surface area (Å²) in [5.41, 5.74) is 8.33. The Hall–Kier alpha value is -2.99. The SMILES string of the molecule is Cc1cc(-c2[nH]c3ccc(C4CCN(CC(=O)CC5CCC5)CC4)cc3c2C(C)C)cn2ncnc12. The minimum atomic E-state index is 0.388. The molecule has 1 aliphatic carbocycles. The van der Waals surface area contributed by atoms with Gasteiger partial charge in [0.15, 0.2) is 5.65 Å². The van der Waals surface area contributed by atoms with Gasteiger partial charge in [0.25, 0.3) is 0 Å².